The Morgan fingerprint density at radius 1 is 1.33 bits per heavy atom. The number of thioether (sulfide) groups is 1. The van der Waals surface area contributed by atoms with Crippen molar-refractivity contribution >= 4 is 47.1 Å². The molecule has 0 nitrogen and oxygen atoms in total. The molecule has 1 aromatic heterocycles. The van der Waals surface area contributed by atoms with Gasteiger partial charge in [-0.1, -0.05) is 0 Å². The van der Waals surface area contributed by atoms with Gasteiger partial charge in [-0.2, -0.15) is 0 Å². The Balaban J connectivity index is 2.64. The van der Waals surface area contributed by atoms with Gasteiger partial charge in [0.1, 0.15) is 0 Å². The summed E-state index contributed by atoms with van der Waals surface area (Å²) in [5, 5.41) is 0. The van der Waals surface area contributed by atoms with E-state index in [1.165, 1.54) is 4.21 Å². The van der Waals surface area contributed by atoms with E-state index in [9.17, 15) is 0 Å². The van der Waals surface area contributed by atoms with E-state index < -0.39 is 0 Å². The molecule has 0 aromatic carbocycles. The van der Waals surface area contributed by atoms with Crippen LogP contribution in [0.2, 0.25) is 3.43 Å². The topological polar surface area (TPSA) is 0 Å². The zero-order valence-electron chi connectivity index (χ0n) is 7.97. The molecular formula is C9H14S2Sn. The van der Waals surface area contributed by atoms with E-state index in [1.807, 2.05) is 23.1 Å². The molecule has 0 aliphatic heterocycles. The second-order valence-electron chi connectivity index (χ2n) is 3.70. The van der Waals surface area contributed by atoms with Crippen LogP contribution in [0.15, 0.2) is 16.3 Å². The number of rotatable bonds is 2. The van der Waals surface area contributed by atoms with Crippen molar-refractivity contribution in [2.75, 3.05) is 6.26 Å². The first-order chi connectivity index (χ1) is 5.51. The van der Waals surface area contributed by atoms with Crippen LogP contribution in [0.5, 0.6) is 0 Å². The van der Waals surface area contributed by atoms with Crippen LogP contribution in [-0.2, 0) is 0 Å². The molecule has 0 aliphatic rings. The van der Waals surface area contributed by atoms with Gasteiger partial charge in [-0.15, -0.1) is 0 Å². The van der Waals surface area contributed by atoms with E-state index in [1.54, 1.807) is 2.89 Å². The predicted octanol–water partition coefficient (Wildman–Crippen LogP) is 3.02. The van der Waals surface area contributed by atoms with Crippen molar-refractivity contribution in [3.8, 4) is 0 Å². The molecule has 1 heterocycles. The molecule has 0 spiro atoms. The Morgan fingerprint density at radius 2 is 2.00 bits per heavy atom. The molecule has 1 aromatic rings. The van der Waals surface area contributed by atoms with Crippen molar-refractivity contribution in [3.05, 3.63) is 12.1 Å². The number of hydrogen-bond donors (Lipinski definition) is 0. The summed E-state index contributed by atoms with van der Waals surface area (Å²) in [6.07, 6.45) is 2.15. The van der Waals surface area contributed by atoms with Crippen LogP contribution < -0.4 is 2.89 Å². The third-order valence-electron chi connectivity index (χ3n) is 1.28. The fourth-order valence-corrected chi connectivity index (χ4v) is 8.86. The van der Waals surface area contributed by atoms with Gasteiger partial charge in [0.25, 0.3) is 0 Å². The second kappa shape index (κ2) is 4.38. The molecule has 0 fully saturated rings. The zero-order chi connectivity index (χ0) is 9.19. The Hall–Kier alpha value is 0.849. The van der Waals surface area contributed by atoms with E-state index in [-0.39, 0.29) is 21.1 Å². The van der Waals surface area contributed by atoms with Crippen molar-refractivity contribution in [1.82, 2.24) is 0 Å². The minimum absolute atomic E-state index is 0.336. The van der Waals surface area contributed by atoms with Gasteiger partial charge < -0.3 is 0 Å². The van der Waals surface area contributed by atoms with Crippen LogP contribution >= 0.6 is 23.1 Å². The summed E-state index contributed by atoms with van der Waals surface area (Å²) in [7, 11) is 0. The molecule has 0 amide bonds. The molecule has 0 N–H and O–H groups in total. The van der Waals surface area contributed by atoms with Crippen LogP contribution in [-0.4, -0.2) is 27.4 Å². The van der Waals surface area contributed by atoms with Crippen molar-refractivity contribution < 1.29 is 0 Å². The standard InChI is InChI=1S/C5H5S2.C4H9.Sn/c1-6-5-3-2-4-7-5;1-4(2)3;/h2-3H,1H3;1-3H3;. The summed E-state index contributed by atoms with van der Waals surface area (Å²) < 4.78 is 3.73. The third-order valence-corrected chi connectivity index (χ3v) is 8.14. The Morgan fingerprint density at radius 3 is 2.42 bits per heavy atom. The molecular weight excluding hydrogens is 291 g/mol. The molecule has 0 atom stereocenters. The van der Waals surface area contributed by atoms with Gasteiger partial charge >= 0.3 is 93.9 Å². The zero-order valence-corrected chi connectivity index (χ0v) is 12.5. The molecule has 12 heavy (non-hydrogen) atoms. The summed E-state index contributed by atoms with van der Waals surface area (Å²) in [4.78, 5) is 0. The summed E-state index contributed by atoms with van der Waals surface area (Å²) in [6, 6.07) is 4.59. The predicted molar refractivity (Wildman–Crippen MR) is 61.2 cm³/mol. The summed E-state index contributed by atoms with van der Waals surface area (Å²) in [5.41, 5.74) is 0. The Kier molecular flexibility index (Phi) is 3.99. The first kappa shape index (κ1) is 10.9. The van der Waals surface area contributed by atoms with Crippen molar-refractivity contribution in [2.45, 2.75) is 28.4 Å². The molecule has 0 saturated heterocycles. The van der Waals surface area contributed by atoms with Crippen molar-refractivity contribution in [3.63, 3.8) is 0 Å². The average Bonchev–Trinajstić information content (AvgIpc) is 2.32. The fraction of sp³-hybridized carbons (Fsp3) is 0.556. The fourth-order valence-electron chi connectivity index (χ4n) is 0.867. The molecule has 66 valence electrons. The monoisotopic (exact) mass is 306 g/mol. The maximum atomic E-state index is 2.36. The van der Waals surface area contributed by atoms with Gasteiger partial charge in [-0.05, 0) is 0 Å². The van der Waals surface area contributed by atoms with Gasteiger partial charge in [0.05, 0.1) is 0 Å². The molecule has 0 bridgehead atoms. The summed E-state index contributed by atoms with van der Waals surface area (Å²) in [6.45, 7) is 7.08. The molecule has 3 heteroatoms. The number of hydrogen-bond acceptors (Lipinski definition) is 2. The average molecular weight is 305 g/mol. The maximum absolute atomic E-state index is 2.36. The minimum atomic E-state index is -0.336. The van der Waals surface area contributed by atoms with Gasteiger partial charge in [-0.3, -0.25) is 0 Å². The summed E-state index contributed by atoms with van der Waals surface area (Å²) in [5.74, 6) is 0. The molecule has 0 saturated carbocycles. The summed E-state index contributed by atoms with van der Waals surface area (Å²) >= 11 is 3.52. The van der Waals surface area contributed by atoms with E-state index in [2.05, 4.69) is 39.2 Å². The number of thiophene rings is 1. The molecule has 1 rings (SSSR count). The SMILES string of the molecule is CSc1cc[c]([Sn][C](C)(C)C)s1. The van der Waals surface area contributed by atoms with Crippen LogP contribution in [0, 0.1) is 0 Å². The van der Waals surface area contributed by atoms with E-state index in [0.29, 0.717) is 3.43 Å². The first-order valence-electron chi connectivity index (χ1n) is 3.93. The van der Waals surface area contributed by atoms with Gasteiger partial charge in [0, 0.05) is 0 Å². The first-order valence-corrected chi connectivity index (χ1v) is 8.83. The normalized spacial score (nSPS) is 12.0. The van der Waals surface area contributed by atoms with Crippen LogP contribution in [0.4, 0.5) is 0 Å². The van der Waals surface area contributed by atoms with Gasteiger partial charge in [0.15, 0.2) is 0 Å². The Bertz CT molecular complexity index is 247. The van der Waals surface area contributed by atoms with Crippen LogP contribution in [0.1, 0.15) is 20.8 Å². The molecule has 0 unspecified atom stereocenters. The van der Waals surface area contributed by atoms with E-state index in [4.69, 9.17) is 0 Å². The van der Waals surface area contributed by atoms with Crippen molar-refractivity contribution in [2.24, 2.45) is 0 Å². The Labute approximate surface area is 93.4 Å². The van der Waals surface area contributed by atoms with Crippen LogP contribution in [0.25, 0.3) is 0 Å². The van der Waals surface area contributed by atoms with Gasteiger partial charge in [0.2, 0.25) is 0 Å². The third kappa shape index (κ3) is 3.71. The van der Waals surface area contributed by atoms with Crippen molar-refractivity contribution in [1.29, 1.82) is 0 Å². The van der Waals surface area contributed by atoms with E-state index in [0.717, 1.165) is 0 Å². The van der Waals surface area contributed by atoms with Gasteiger partial charge in [-0.25, -0.2) is 0 Å². The second-order valence-corrected chi connectivity index (χ2v) is 13.5. The molecule has 0 aliphatic carbocycles. The van der Waals surface area contributed by atoms with E-state index >= 15 is 0 Å². The molecule has 2 radical (unpaired) electrons. The quantitative estimate of drug-likeness (QED) is 0.598. The van der Waals surface area contributed by atoms with Crippen LogP contribution in [0.3, 0.4) is 0 Å².